The van der Waals surface area contributed by atoms with Crippen LogP contribution in [-0.4, -0.2) is 63.0 Å². The molecule has 2 heterocycles. The van der Waals surface area contributed by atoms with Crippen LogP contribution in [0.3, 0.4) is 0 Å². The Hall–Kier alpha value is -2.09. The fourth-order valence-corrected chi connectivity index (χ4v) is 2.93. The molecule has 0 unspecified atom stereocenters. The third-order valence-corrected chi connectivity index (χ3v) is 4.33. The quantitative estimate of drug-likeness (QED) is 0.446. The second-order valence-electron chi connectivity index (χ2n) is 6.25. The van der Waals surface area contributed by atoms with Gasteiger partial charge >= 0.3 is 0 Å². The van der Waals surface area contributed by atoms with Crippen LogP contribution in [0, 0.1) is 0 Å². The van der Waals surface area contributed by atoms with Gasteiger partial charge in [-0.05, 0) is 24.1 Å². The maximum Gasteiger partial charge on any atom is 0.260 e. The number of fused-ring (bicyclic) bond motifs is 1. The summed E-state index contributed by atoms with van der Waals surface area (Å²) in [6.07, 6.45) is 4.64. The van der Waals surface area contributed by atoms with Gasteiger partial charge in [-0.2, -0.15) is 0 Å². The monoisotopic (exact) mass is 390 g/mol. The van der Waals surface area contributed by atoms with E-state index in [1.165, 1.54) is 0 Å². The van der Waals surface area contributed by atoms with E-state index in [4.69, 9.17) is 20.2 Å². The number of methoxy groups -OCH3 is 1. The zero-order chi connectivity index (χ0) is 19.2. The number of aryl methyl sites for hydroxylation is 1. The molecule has 28 heavy (non-hydrogen) atoms. The number of benzene rings is 1. The molecular formula is C20H25N5NaO2. The standard InChI is InChI=1S/C20H25N5O2.Na/c1-4-6-7-16-22-17-18(20(27-12-5-2)24-23-19(17)21)25(16)13-14-8-10-15(26-3)11-9-14;/h5,8-11H,2,4,6-7,12-13H2,1,3H3,(H2,21,23);. The van der Waals surface area contributed by atoms with Crippen molar-refractivity contribution in [3.63, 3.8) is 0 Å². The number of unbranched alkanes of at least 4 members (excludes halogenated alkanes) is 1. The van der Waals surface area contributed by atoms with Crippen LogP contribution in [-0.2, 0) is 13.0 Å². The van der Waals surface area contributed by atoms with E-state index in [1.807, 2.05) is 24.3 Å². The molecule has 143 valence electrons. The van der Waals surface area contributed by atoms with Gasteiger partial charge in [0.05, 0.1) is 7.11 Å². The van der Waals surface area contributed by atoms with Gasteiger partial charge in [-0.25, -0.2) is 4.98 Å². The van der Waals surface area contributed by atoms with Gasteiger partial charge in [0.15, 0.2) is 5.82 Å². The van der Waals surface area contributed by atoms with E-state index < -0.39 is 0 Å². The third kappa shape index (κ3) is 4.84. The zero-order valence-corrected chi connectivity index (χ0v) is 18.8. The second-order valence-corrected chi connectivity index (χ2v) is 6.25. The molecule has 0 saturated carbocycles. The minimum absolute atomic E-state index is 0. The molecule has 0 atom stereocenters. The van der Waals surface area contributed by atoms with E-state index in [0.717, 1.165) is 41.9 Å². The van der Waals surface area contributed by atoms with Crippen LogP contribution in [0.4, 0.5) is 5.82 Å². The fraction of sp³-hybridized carbons (Fsp3) is 0.350. The summed E-state index contributed by atoms with van der Waals surface area (Å²) in [5, 5.41) is 8.14. The normalized spacial score (nSPS) is 10.5. The van der Waals surface area contributed by atoms with Crippen LogP contribution >= 0.6 is 0 Å². The summed E-state index contributed by atoms with van der Waals surface area (Å²) >= 11 is 0. The van der Waals surface area contributed by atoms with Crippen LogP contribution in [0.15, 0.2) is 36.9 Å². The first-order valence-electron chi connectivity index (χ1n) is 9.05. The Morgan fingerprint density at radius 2 is 1.96 bits per heavy atom. The molecule has 3 aromatic rings. The van der Waals surface area contributed by atoms with E-state index in [2.05, 4.69) is 28.3 Å². The molecule has 2 aromatic heterocycles. The average molecular weight is 390 g/mol. The van der Waals surface area contributed by atoms with E-state index in [0.29, 0.717) is 30.4 Å². The summed E-state index contributed by atoms with van der Waals surface area (Å²) in [7, 11) is 1.66. The summed E-state index contributed by atoms with van der Waals surface area (Å²) < 4.78 is 13.1. The number of anilines is 1. The number of nitrogens with two attached hydrogens (primary N) is 1. The number of hydrogen-bond acceptors (Lipinski definition) is 6. The Labute approximate surface area is 187 Å². The molecule has 1 aromatic carbocycles. The fourth-order valence-electron chi connectivity index (χ4n) is 2.93. The van der Waals surface area contributed by atoms with Gasteiger partial charge in [-0.3, -0.25) is 0 Å². The summed E-state index contributed by atoms with van der Waals surface area (Å²) in [5.74, 6) is 2.50. The number of imidazole rings is 1. The molecule has 0 saturated heterocycles. The summed E-state index contributed by atoms with van der Waals surface area (Å²) in [5.41, 5.74) is 8.58. The van der Waals surface area contributed by atoms with Gasteiger partial charge in [0.25, 0.3) is 5.88 Å². The summed E-state index contributed by atoms with van der Waals surface area (Å²) in [4.78, 5) is 4.75. The van der Waals surface area contributed by atoms with Crippen molar-refractivity contribution in [2.24, 2.45) is 0 Å². The van der Waals surface area contributed by atoms with Crippen molar-refractivity contribution in [1.29, 1.82) is 0 Å². The maximum absolute atomic E-state index is 6.05. The molecule has 0 fully saturated rings. The van der Waals surface area contributed by atoms with Gasteiger partial charge in [-0.15, -0.1) is 10.2 Å². The number of aromatic nitrogens is 4. The maximum atomic E-state index is 6.05. The van der Waals surface area contributed by atoms with Gasteiger partial charge < -0.3 is 19.8 Å². The molecular weight excluding hydrogens is 365 g/mol. The Balaban J connectivity index is 0.00000280. The van der Waals surface area contributed by atoms with E-state index in [-0.39, 0.29) is 29.6 Å². The van der Waals surface area contributed by atoms with Crippen molar-refractivity contribution in [2.45, 2.75) is 32.7 Å². The Bertz CT molecular complexity index is 924. The van der Waals surface area contributed by atoms with Crippen LogP contribution in [0.1, 0.15) is 31.2 Å². The Kier molecular flexibility index (Phi) is 8.29. The van der Waals surface area contributed by atoms with Crippen molar-refractivity contribution in [3.8, 4) is 11.6 Å². The third-order valence-electron chi connectivity index (χ3n) is 4.33. The first-order chi connectivity index (χ1) is 13.2. The molecule has 0 bridgehead atoms. The average Bonchev–Trinajstić information content (AvgIpc) is 3.06. The minimum atomic E-state index is 0. The van der Waals surface area contributed by atoms with Gasteiger partial charge in [0, 0.05) is 42.5 Å². The van der Waals surface area contributed by atoms with Crippen molar-refractivity contribution in [3.05, 3.63) is 48.3 Å². The largest absolute Gasteiger partial charge is 0.497 e. The van der Waals surface area contributed by atoms with Crippen molar-refractivity contribution in [1.82, 2.24) is 19.7 Å². The predicted molar refractivity (Wildman–Crippen MR) is 112 cm³/mol. The SMILES string of the molecule is C=CCOc1nnc(N)c2nc(CCCC)n(Cc3ccc(OC)cc3)c12.[Na]. The molecule has 0 aliphatic rings. The molecule has 3 rings (SSSR count). The molecule has 8 heteroatoms. The number of nitrogen functional groups attached to an aromatic ring is 1. The number of ether oxygens (including phenoxy) is 2. The van der Waals surface area contributed by atoms with Crippen molar-refractivity contribution in [2.75, 3.05) is 19.5 Å². The molecule has 0 aliphatic heterocycles. The van der Waals surface area contributed by atoms with Crippen LogP contribution < -0.4 is 15.2 Å². The Morgan fingerprint density at radius 1 is 1.21 bits per heavy atom. The molecule has 2 N–H and O–H groups in total. The molecule has 0 amide bonds. The minimum Gasteiger partial charge on any atom is -0.497 e. The van der Waals surface area contributed by atoms with Gasteiger partial charge in [0.1, 0.15) is 29.2 Å². The first kappa shape index (κ1) is 22.2. The van der Waals surface area contributed by atoms with E-state index in [9.17, 15) is 0 Å². The first-order valence-corrected chi connectivity index (χ1v) is 9.05. The van der Waals surface area contributed by atoms with Crippen LogP contribution in [0.2, 0.25) is 0 Å². The summed E-state index contributed by atoms with van der Waals surface area (Å²) in [6, 6.07) is 7.97. The molecule has 0 spiro atoms. The smallest absolute Gasteiger partial charge is 0.260 e. The predicted octanol–water partition coefficient (Wildman–Crippen LogP) is 2.99. The van der Waals surface area contributed by atoms with E-state index in [1.54, 1.807) is 13.2 Å². The van der Waals surface area contributed by atoms with Crippen molar-refractivity contribution >= 4 is 46.4 Å². The zero-order valence-electron chi connectivity index (χ0n) is 16.8. The topological polar surface area (TPSA) is 88.1 Å². The molecule has 7 nitrogen and oxygen atoms in total. The Morgan fingerprint density at radius 3 is 2.61 bits per heavy atom. The number of rotatable bonds is 9. The number of hydrogen-bond donors (Lipinski definition) is 1. The van der Waals surface area contributed by atoms with Gasteiger partial charge in [0.2, 0.25) is 0 Å². The summed E-state index contributed by atoms with van der Waals surface area (Å²) in [6.45, 7) is 6.83. The van der Waals surface area contributed by atoms with Gasteiger partial charge in [-0.1, -0.05) is 38.1 Å². The second kappa shape index (κ2) is 10.5. The van der Waals surface area contributed by atoms with Crippen LogP contribution in [0.5, 0.6) is 11.6 Å². The van der Waals surface area contributed by atoms with E-state index >= 15 is 0 Å². The molecule has 0 aliphatic carbocycles. The number of nitrogens with zero attached hydrogens (tertiary/aromatic N) is 4. The molecule has 1 radical (unpaired) electrons. The van der Waals surface area contributed by atoms with Crippen molar-refractivity contribution < 1.29 is 9.47 Å². The van der Waals surface area contributed by atoms with Crippen LogP contribution in [0.25, 0.3) is 11.0 Å².